The Labute approximate surface area is 84.5 Å². The third kappa shape index (κ3) is 3.18. The van der Waals surface area contributed by atoms with Crippen molar-refractivity contribution in [1.29, 1.82) is 0 Å². The minimum absolute atomic E-state index is 0.272. The molecule has 0 aromatic carbocycles. The van der Waals surface area contributed by atoms with Crippen molar-refractivity contribution in [2.45, 2.75) is 19.4 Å². The van der Waals surface area contributed by atoms with Gasteiger partial charge in [-0.1, -0.05) is 12.2 Å². The number of aromatic hydroxyl groups is 1. The first-order valence-corrected chi connectivity index (χ1v) is 4.71. The summed E-state index contributed by atoms with van der Waals surface area (Å²) in [4.78, 5) is 3.94. The minimum atomic E-state index is 0.272. The highest BCUT2D eigenvalue weighted by Crippen LogP contribution is 2.15. The van der Waals surface area contributed by atoms with Gasteiger partial charge in [-0.2, -0.15) is 0 Å². The monoisotopic (exact) mass is 192 g/mol. The van der Waals surface area contributed by atoms with Crippen molar-refractivity contribution in [1.82, 2.24) is 10.3 Å². The topological polar surface area (TPSA) is 45.2 Å². The van der Waals surface area contributed by atoms with E-state index in [1.165, 1.54) is 0 Å². The molecule has 0 bridgehead atoms. The Bertz CT molecular complexity index is 310. The lowest BCUT2D eigenvalue weighted by Gasteiger charge is -2.05. The summed E-state index contributed by atoms with van der Waals surface area (Å²) in [6.45, 7) is 2.10. The van der Waals surface area contributed by atoms with Crippen molar-refractivity contribution in [3.63, 3.8) is 0 Å². The van der Waals surface area contributed by atoms with Crippen LogP contribution in [-0.2, 0) is 0 Å². The van der Waals surface area contributed by atoms with Gasteiger partial charge in [0.1, 0.15) is 5.75 Å². The number of rotatable bonds is 4. The molecule has 0 saturated carbocycles. The molecule has 3 heteroatoms. The van der Waals surface area contributed by atoms with E-state index in [1.807, 2.05) is 19.2 Å². The van der Waals surface area contributed by atoms with Gasteiger partial charge >= 0.3 is 0 Å². The fourth-order valence-corrected chi connectivity index (χ4v) is 1.04. The molecule has 0 aliphatic carbocycles. The zero-order valence-corrected chi connectivity index (χ0v) is 8.57. The molecule has 0 aliphatic heterocycles. The second kappa shape index (κ2) is 5.40. The fraction of sp³-hybridized carbons (Fsp3) is 0.364. The van der Waals surface area contributed by atoms with Crippen molar-refractivity contribution in [3.8, 4) is 5.75 Å². The van der Waals surface area contributed by atoms with Gasteiger partial charge < -0.3 is 10.4 Å². The molecule has 0 fully saturated rings. The predicted octanol–water partition coefficient (Wildman–Crippen LogP) is 1.80. The normalized spacial score (nSPS) is 13.3. The van der Waals surface area contributed by atoms with Gasteiger partial charge in [-0.05, 0) is 26.5 Å². The van der Waals surface area contributed by atoms with Crippen molar-refractivity contribution in [3.05, 3.63) is 30.1 Å². The third-order valence-electron chi connectivity index (χ3n) is 2.11. The van der Waals surface area contributed by atoms with E-state index < -0.39 is 0 Å². The summed E-state index contributed by atoms with van der Waals surface area (Å²) in [5.74, 6) is 0.272. The minimum Gasteiger partial charge on any atom is -0.507 e. The summed E-state index contributed by atoms with van der Waals surface area (Å²) < 4.78 is 0. The zero-order chi connectivity index (χ0) is 10.4. The molecule has 76 valence electrons. The number of hydrogen-bond acceptors (Lipinski definition) is 3. The van der Waals surface area contributed by atoms with E-state index in [4.69, 9.17) is 0 Å². The molecule has 1 heterocycles. The molecule has 0 aliphatic rings. The molecule has 0 radical (unpaired) electrons. The van der Waals surface area contributed by atoms with E-state index in [1.54, 1.807) is 18.5 Å². The molecule has 0 amide bonds. The molecule has 1 aromatic heterocycles. The number of nitrogens with zero attached hydrogens (tertiary/aromatic N) is 1. The maximum Gasteiger partial charge on any atom is 0.125 e. The van der Waals surface area contributed by atoms with Crippen molar-refractivity contribution < 1.29 is 5.11 Å². The smallest absolute Gasteiger partial charge is 0.125 e. The van der Waals surface area contributed by atoms with Gasteiger partial charge in [0, 0.05) is 24.0 Å². The largest absolute Gasteiger partial charge is 0.507 e. The first-order chi connectivity index (χ1) is 6.74. The molecule has 0 spiro atoms. The van der Waals surface area contributed by atoms with Gasteiger partial charge in [0.2, 0.25) is 0 Å². The highest BCUT2D eigenvalue weighted by molar-refractivity contribution is 5.55. The van der Waals surface area contributed by atoms with Gasteiger partial charge in [0.15, 0.2) is 0 Å². The van der Waals surface area contributed by atoms with Gasteiger partial charge in [-0.25, -0.2) is 0 Å². The second-order valence-corrected chi connectivity index (χ2v) is 3.26. The van der Waals surface area contributed by atoms with Crippen molar-refractivity contribution >= 4 is 6.08 Å². The lowest BCUT2D eigenvalue weighted by Crippen LogP contribution is -2.19. The van der Waals surface area contributed by atoms with Crippen LogP contribution in [0.5, 0.6) is 5.75 Å². The van der Waals surface area contributed by atoms with E-state index in [0.29, 0.717) is 6.04 Å². The van der Waals surface area contributed by atoms with Gasteiger partial charge in [0.25, 0.3) is 0 Å². The van der Waals surface area contributed by atoms with Crippen LogP contribution >= 0.6 is 0 Å². The van der Waals surface area contributed by atoms with Crippen molar-refractivity contribution in [2.24, 2.45) is 0 Å². The summed E-state index contributed by atoms with van der Waals surface area (Å²) in [6.07, 6.45) is 8.07. The number of pyridine rings is 1. The van der Waals surface area contributed by atoms with Crippen LogP contribution in [0, 0.1) is 0 Å². The molecule has 0 unspecified atom stereocenters. The number of nitrogens with one attached hydrogen (secondary N) is 1. The van der Waals surface area contributed by atoms with Gasteiger partial charge in [-0.3, -0.25) is 4.98 Å². The lowest BCUT2D eigenvalue weighted by atomic mass is 10.2. The Morgan fingerprint density at radius 1 is 1.64 bits per heavy atom. The Hall–Kier alpha value is -1.35. The summed E-state index contributed by atoms with van der Waals surface area (Å²) in [5, 5.41) is 12.6. The number of aromatic nitrogens is 1. The maximum absolute atomic E-state index is 9.43. The predicted molar refractivity (Wildman–Crippen MR) is 58.1 cm³/mol. The summed E-state index contributed by atoms with van der Waals surface area (Å²) in [5.41, 5.74) is 0.760. The highest BCUT2D eigenvalue weighted by Gasteiger charge is 1.96. The van der Waals surface area contributed by atoms with Crippen LogP contribution < -0.4 is 5.32 Å². The Kier molecular flexibility index (Phi) is 4.13. The van der Waals surface area contributed by atoms with Crippen LogP contribution in [0.1, 0.15) is 18.9 Å². The van der Waals surface area contributed by atoms with Crippen LogP contribution in [0.3, 0.4) is 0 Å². The van der Waals surface area contributed by atoms with Gasteiger partial charge in [-0.15, -0.1) is 0 Å². The second-order valence-electron chi connectivity index (χ2n) is 3.26. The van der Waals surface area contributed by atoms with Gasteiger partial charge in [0.05, 0.1) is 0 Å². The zero-order valence-electron chi connectivity index (χ0n) is 8.57. The first kappa shape index (κ1) is 10.7. The molecule has 0 saturated heterocycles. The highest BCUT2D eigenvalue weighted by atomic mass is 16.3. The maximum atomic E-state index is 9.43. The molecular weight excluding hydrogens is 176 g/mol. The SMILES string of the molecule is CN[C@@H](C)C/C=C/c1cnccc1O. The molecule has 2 N–H and O–H groups in total. The summed E-state index contributed by atoms with van der Waals surface area (Å²) in [6, 6.07) is 2.03. The average molecular weight is 192 g/mol. The fourth-order valence-electron chi connectivity index (χ4n) is 1.04. The van der Waals surface area contributed by atoms with Crippen LogP contribution in [0.4, 0.5) is 0 Å². The standard InChI is InChI=1S/C11H16N2O/c1-9(12-2)4-3-5-10-8-13-7-6-11(10)14/h3,5-9,12H,4H2,1-2H3,(H,13,14)/b5-3+/t9-/m0/s1. The Morgan fingerprint density at radius 3 is 3.07 bits per heavy atom. The first-order valence-electron chi connectivity index (χ1n) is 4.71. The average Bonchev–Trinajstić information content (AvgIpc) is 2.20. The number of hydrogen-bond donors (Lipinski definition) is 2. The quantitative estimate of drug-likeness (QED) is 0.764. The molecular formula is C11H16N2O. The lowest BCUT2D eigenvalue weighted by molar-refractivity contribution is 0.473. The third-order valence-corrected chi connectivity index (χ3v) is 2.11. The molecule has 1 rings (SSSR count). The van der Waals surface area contributed by atoms with Crippen LogP contribution in [-0.4, -0.2) is 23.2 Å². The van der Waals surface area contributed by atoms with Crippen LogP contribution in [0.2, 0.25) is 0 Å². The van der Waals surface area contributed by atoms with E-state index in [0.717, 1.165) is 12.0 Å². The van der Waals surface area contributed by atoms with Crippen LogP contribution in [0.25, 0.3) is 6.08 Å². The van der Waals surface area contributed by atoms with E-state index in [9.17, 15) is 5.11 Å². The van der Waals surface area contributed by atoms with Crippen molar-refractivity contribution in [2.75, 3.05) is 7.05 Å². The molecule has 3 nitrogen and oxygen atoms in total. The van der Waals surface area contributed by atoms with E-state index >= 15 is 0 Å². The summed E-state index contributed by atoms with van der Waals surface area (Å²) in [7, 11) is 1.93. The van der Waals surface area contributed by atoms with Crippen LogP contribution in [0.15, 0.2) is 24.5 Å². The molecule has 1 aromatic rings. The van der Waals surface area contributed by atoms with E-state index in [2.05, 4.69) is 17.2 Å². The molecule has 14 heavy (non-hydrogen) atoms. The Balaban J connectivity index is 2.56. The summed E-state index contributed by atoms with van der Waals surface area (Å²) >= 11 is 0. The Morgan fingerprint density at radius 2 is 2.43 bits per heavy atom. The van der Waals surface area contributed by atoms with E-state index in [-0.39, 0.29) is 5.75 Å². The molecule has 1 atom stereocenters.